The first kappa shape index (κ1) is 67.0. The molecule has 0 aliphatic rings. The van der Waals surface area contributed by atoms with E-state index >= 15 is 0 Å². The van der Waals surface area contributed by atoms with Crippen molar-refractivity contribution in [2.24, 2.45) is 0 Å². The molecule has 0 spiro atoms. The Morgan fingerprint density at radius 1 is 0.292 bits per heavy atom. The van der Waals surface area contributed by atoms with E-state index in [0.717, 1.165) is 141 Å². The molecule has 6 heteroatoms. The largest absolute Gasteiger partial charge is 0.462 e. The monoisotopic (exact) mass is 991 g/mol. The zero-order chi connectivity index (χ0) is 52.2. The van der Waals surface area contributed by atoms with Crippen LogP contribution in [0.4, 0.5) is 0 Å². The second-order valence-electron chi connectivity index (χ2n) is 18.1. The van der Waals surface area contributed by atoms with Crippen LogP contribution >= 0.6 is 0 Å². The number of carbonyl (C=O) groups is 3. The fourth-order valence-corrected chi connectivity index (χ4v) is 7.09. The quantitative estimate of drug-likeness (QED) is 0.0262. The van der Waals surface area contributed by atoms with Gasteiger partial charge in [-0.25, -0.2) is 0 Å². The van der Waals surface area contributed by atoms with Gasteiger partial charge in [-0.15, -0.1) is 0 Å². The molecule has 0 amide bonds. The van der Waals surface area contributed by atoms with Crippen LogP contribution in [0, 0.1) is 0 Å². The molecule has 1 atom stereocenters. The Hall–Kier alpha value is -4.97. The van der Waals surface area contributed by atoms with Crippen LogP contribution in [0.2, 0.25) is 0 Å². The first-order valence-electron chi connectivity index (χ1n) is 28.5. The molecule has 0 aliphatic heterocycles. The van der Waals surface area contributed by atoms with E-state index in [1.165, 1.54) is 32.1 Å². The van der Waals surface area contributed by atoms with E-state index in [9.17, 15) is 14.4 Å². The zero-order valence-corrected chi connectivity index (χ0v) is 45.9. The minimum Gasteiger partial charge on any atom is -0.462 e. The highest BCUT2D eigenvalue weighted by Gasteiger charge is 2.19. The van der Waals surface area contributed by atoms with Gasteiger partial charge in [0.2, 0.25) is 0 Å². The maximum Gasteiger partial charge on any atom is 0.306 e. The molecule has 0 aromatic rings. The van der Waals surface area contributed by atoms with Crippen molar-refractivity contribution in [1.29, 1.82) is 0 Å². The molecule has 0 aromatic heterocycles. The number of hydrogen-bond acceptors (Lipinski definition) is 6. The number of hydrogen-bond donors (Lipinski definition) is 0. The van der Waals surface area contributed by atoms with E-state index < -0.39 is 12.1 Å². The third-order valence-electron chi connectivity index (χ3n) is 11.3. The van der Waals surface area contributed by atoms with Crippen molar-refractivity contribution in [1.82, 2.24) is 0 Å². The minimum atomic E-state index is -0.832. The SMILES string of the molecule is CC/C=C\C/C=C\C/C=C\C/C=C\C/C=C\C/C=C\C/C=C\CCCCCCCC(=O)OCC(COC(=O)CCCCCCCCCC)OC(=O)CC/C=C\C/C=C\C/C=C\C/C=C\C/C=C\C/C=C\CC. The van der Waals surface area contributed by atoms with Gasteiger partial charge in [-0.3, -0.25) is 14.4 Å². The molecule has 0 N–H and O–H groups in total. The Morgan fingerprint density at radius 2 is 0.569 bits per heavy atom. The van der Waals surface area contributed by atoms with Gasteiger partial charge in [0.15, 0.2) is 6.10 Å². The second-order valence-corrected chi connectivity index (χ2v) is 18.1. The molecule has 1 unspecified atom stereocenters. The third kappa shape index (κ3) is 56.0. The van der Waals surface area contributed by atoms with Crippen LogP contribution in [-0.2, 0) is 28.6 Å². The Labute approximate surface area is 441 Å². The van der Waals surface area contributed by atoms with Crippen LogP contribution in [0.15, 0.2) is 158 Å². The lowest BCUT2D eigenvalue weighted by Crippen LogP contribution is -2.30. The summed E-state index contributed by atoms with van der Waals surface area (Å²) < 4.78 is 16.7. The molecule has 0 radical (unpaired) electrons. The van der Waals surface area contributed by atoms with Gasteiger partial charge in [0.1, 0.15) is 13.2 Å². The molecular weight excluding hydrogens is 889 g/mol. The smallest absolute Gasteiger partial charge is 0.306 e. The fourth-order valence-electron chi connectivity index (χ4n) is 7.09. The topological polar surface area (TPSA) is 78.9 Å². The summed E-state index contributed by atoms with van der Waals surface area (Å²) in [7, 11) is 0. The van der Waals surface area contributed by atoms with Gasteiger partial charge in [-0.05, 0) is 116 Å². The van der Waals surface area contributed by atoms with Crippen molar-refractivity contribution in [3.8, 4) is 0 Å². The zero-order valence-electron chi connectivity index (χ0n) is 45.9. The number of unbranched alkanes of at least 4 members (excludes halogenated alkanes) is 12. The van der Waals surface area contributed by atoms with Crippen LogP contribution in [-0.4, -0.2) is 37.2 Å². The Balaban J connectivity index is 4.41. The maximum absolute atomic E-state index is 12.8. The molecule has 402 valence electrons. The van der Waals surface area contributed by atoms with Crippen LogP contribution in [0.25, 0.3) is 0 Å². The fraction of sp³-hybridized carbons (Fsp3) is 0.561. The predicted molar refractivity (Wildman–Crippen MR) is 311 cm³/mol. The average Bonchev–Trinajstić information content (AvgIpc) is 3.38. The molecule has 0 aromatic carbocycles. The molecule has 0 heterocycles. The summed E-state index contributed by atoms with van der Waals surface area (Å²) in [6.07, 6.45) is 85.4. The van der Waals surface area contributed by atoms with Crippen molar-refractivity contribution in [2.75, 3.05) is 13.2 Å². The van der Waals surface area contributed by atoms with E-state index in [0.29, 0.717) is 19.3 Å². The molecule has 6 nitrogen and oxygen atoms in total. The van der Waals surface area contributed by atoms with Gasteiger partial charge < -0.3 is 14.2 Å². The number of carbonyl (C=O) groups excluding carboxylic acids is 3. The van der Waals surface area contributed by atoms with Gasteiger partial charge >= 0.3 is 17.9 Å². The Kier molecular flexibility index (Phi) is 54.6. The van der Waals surface area contributed by atoms with Gasteiger partial charge in [0.25, 0.3) is 0 Å². The van der Waals surface area contributed by atoms with Crippen molar-refractivity contribution in [3.05, 3.63) is 158 Å². The summed E-state index contributed by atoms with van der Waals surface area (Å²) in [5, 5.41) is 0. The number of ether oxygens (including phenoxy) is 3. The molecule has 0 bridgehead atoms. The van der Waals surface area contributed by atoms with Gasteiger partial charge in [-0.1, -0.05) is 243 Å². The van der Waals surface area contributed by atoms with Crippen LogP contribution in [0.3, 0.4) is 0 Å². The van der Waals surface area contributed by atoms with Crippen LogP contribution in [0.1, 0.15) is 220 Å². The van der Waals surface area contributed by atoms with E-state index in [1.807, 2.05) is 12.2 Å². The van der Waals surface area contributed by atoms with Gasteiger partial charge in [-0.2, -0.15) is 0 Å². The molecule has 0 rings (SSSR count). The number of esters is 3. The van der Waals surface area contributed by atoms with E-state index in [-0.39, 0.29) is 31.6 Å². The number of rotatable bonds is 49. The van der Waals surface area contributed by atoms with Gasteiger partial charge in [0, 0.05) is 19.3 Å². The van der Waals surface area contributed by atoms with E-state index in [1.54, 1.807) is 0 Å². The first-order valence-corrected chi connectivity index (χ1v) is 28.5. The van der Waals surface area contributed by atoms with Gasteiger partial charge in [0.05, 0.1) is 0 Å². The van der Waals surface area contributed by atoms with Crippen LogP contribution < -0.4 is 0 Å². The van der Waals surface area contributed by atoms with Crippen molar-refractivity contribution < 1.29 is 28.6 Å². The molecule has 0 saturated heterocycles. The lowest BCUT2D eigenvalue weighted by Gasteiger charge is -2.18. The summed E-state index contributed by atoms with van der Waals surface area (Å²) >= 11 is 0. The van der Waals surface area contributed by atoms with Crippen LogP contribution in [0.5, 0.6) is 0 Å². The summed E-state index contributed by atoms with van der Waals surface area (Å²) in [5.74, 6) is -1.04. The molecule has 0 fully saturated rings. The third-order valence-corrected chi connectivity index (χ3v) is 11.3. The summed E-state index contributed by atoms with van der Waals surface area (Å²) in [4.78, 5) is 38.0. The van der Waals surface area contributed by atoms with Crippen molar-refractivity contribution in [3.63, 3.8) is 0 Å². The second kappa shape index (κ2) is 58.6. The molecular formula is C66H102O6. The number of allylic oxidation sites excluding steroid dienone is 26. The Bertz CT molecular complexity index is 1660. The van der Waals surface area contributed by atoms with E-state index in [2.05, 4.69) is 167 Å². The molecule has 72 heavy (non-hydrogen) atoms. The first-order chi connectivity index (χ1) is 35.5. The molecule has 0 aliphatic carbocycles. The highest BCUT2D eigenvalue weighted by atomic mass is 16.6. The lowest BCUT2D eigenvalue weighted by molar-refractivity contribution is -0.166. The summed E-state index contributed by atoms with van der Waals surface area (Å²) in [6, 6.07) is 0. The minimum absolute atomic E-state index is 0.120. The maximum atomic E-state index is 12.8. The summed E-state index contributed by atoms with van der Waals surface area (Å²) in [6.45, 7) is 6.28. The standard InChI is InChI=1S/C66H102O6/c1-4-7-10-13-16-19-21-23-25-27-29-30-31-32-33-34-35-36-38-39-41-43-45-47-50-53-56-59-65(68)71-62-63(61-70-64(67)58-55-52-49-18-15-12-9-6-3)72-66(69)60-57-54-51-48-46-44-42-40-37-28-26-24-22-20-17-14-11-8-5-2/h7-8,10-11,16-17,19-20,23-26,29-30,32-33,35-37,39-41,44,46,51,54,63H,4-6,9,12-15,18,21-22,27-28,31,34,38,42-43,45,47-50,52-53,55-62H2,1-3H3/b10-7-,11-8-,19-16-,20-17-,25-23-,26-24-,30-29-,33-32-,36-35-,40-37-,41-39-,46-44-,54-51-. The highest BCUT2D eigenvalue weighted by molar-refractivity contribution is 5.71. The lowest BCUT2D eigenvalue weighted by atomic mass is 10.1. The Morgan fingerprint density at radius 3 is 0.903 bits per heavy atom. The van der Waals surface area contributed by atoms with Crippen molar-refractivity contribution >= 4 is 17.9 Å². The van der Waals surface area contributed by atoms with Crippen molar-refractivity contribution in [2.45, 2.75) is 226 Å². The average molecular weight is 992 g/mol. The summed E-state index contributed by atoms with van der Waals surface area (Å²) in [5.41, 5.74) is 0. The normalized spacial score (nSPS) is 13.3. The van der Waals surface area contributed by atoms with E-state index in [4.69, 9.17) is 14.2 Å². The highest BCUT2D eigenvalue weighted by Crippen LogP contribution is 2.12. The predicted octanol–water partition coefficient (Wildman–Crippen LogP) is 19.4. The molecule has 0 saturated carbocycles.